The summed E-state index contributed by atoms with van der Waals surface area (Å²) in [6, 6.07) is 7.06. The van der Waals surface area contributed by atoms with E-state index in [1.165, 1.54) is 25.5 Å². The lowest BCUT2D eigenvalue weighted by Gasteiger charge is -2.25. The first-order valence-electron chi connectivity index (χ1n) is 7.41. The first-order chi connectivity index (χ1) is 10.8. The summed E-state index contributed by atoms with van der Waals surface area (Å²) in [5.41, 5.74) is 2.98. The smallest absolute Gasteiger partial charge is 0.271 e. The summed E-state index contributed by atoms with van der Waals surface area (Å²) in [5, 5.41) is 3.92. The van der Waals surface area contributed by atoms with Crippen molar-refractivity contribution < 1.29 is 9.21 Å². The van der Waals surface area contributed by atoms with Crippen LogP contribution >= 0.6 is 0 Å². The van der Waals surface area contributed by atoms with Gasteiger partial charge in [-0.2, -0.15) is 5.10 Å². The summed E-state index contributed by atoms with van der Waals surface area (Å²) in [7, 11) is 0. The predicted octanol–water partition coefficient (Wildman–Crippen LogP) is 2.43. The normalized spacial score (nSPS) is 15.2. The molecule has 0 saturated carbocycles. The lowest BCUT2D eigenvalue weighted by Crippen LogP contribution is -2.28. The number of nitrogens with zero attached hydrogens (tertiary/aromatic N) is 3. The van der Waals surface area contributed by atoms with Crippen LogP contribution in [-0.2, 0) is 0 Å². The van der Waals surface area contributed by atoms with Gasteiger partial charge < -0.3 is 9.32 Å². The summed E-state index contributed by atoms with van der Waals surface area (Å²) in [6.45, 7) is 2.06. The van der Waals surface area contributed by atoms with Crippen LogP contribution in [0.3, 0.4) is 0 Å². The van der Waals surface area contributed by atoms with E-state index < -0.39 is 0 Å². The number of rotatable bonds is 4. The molecule has 0 spiro atoms. The number of anilines is 1. The highest BCUT2D eigenvalue weighted by Gasteiger charge is 2.13. The first-order valence-corrected chi connectivity index (χ1v) is 7.41. The van der Waals surface area contributed by atoms with Crippen molar-refractivity contribution in [2.45, 2.75) is 19.3 Å². The molecule has 3 heterocycles. The van der Waals surface area contributed by atoms with Crippen LogP contribution in [-0.4, -0.2) is 30.2 Å². The molecule has 1 aliphatic heterocycles. The minimum Gasteiger partial charge on any atom is -0.440 e. The molecule has 22 heavy (non-hydrogen) atoms. The van der Waals surface area contributed by atoms with Crippen LogP contribution in [0.4, 0.5) is 5.88 Å². The van der Waals surface area contributed by atoms with Gasteiger partial charge in [0, 0.05) is 37.1 Å². The highest BCUT2D eigenvalue weighted by molar-refractivity contribution is 5.94. The van der Waals surface area contributed by atoms with E-state index in [-0.39, 0.29) is 5.91 Å². The molecule has 6 nitrogen and oxygen atoms in total. The van der Waals surface area contributed by atoms with Crippen LogP contribution in [0.15, 0.2) is 46.2 Å². The van der Waals surface area contributed by atoms with E-state index in [0.717, 1.165) is 19.0 Å². The number of carbonyl (C=O) groups excluding carboxylic acids is 1. The largest absolute Gasteiger partial charge is 0.440 e. The Bertz CT molecular complexity index is 645. The van der Waals surface area contributed by atoms with Crippen molar-refractivity contribution in [2.75, 3.05) is 18.0 Å². The van der Waals surface area contributed by atoms with Crippen molar-refractivity contribution in [3.8, 4) is 0 Å². The summed E-state index contributed by atoms with van der Waals surface area (Å²) in [4.78, 5) is 17.9. The summed E-state index contributed by atoms with van der Waals surface area (Å²) >= 11 is 0. The van der Waals surface area contributed by atoms with Crippen LogP contribution in [0.2, 0.25) is 0 Å². The SMILES string of the molecule is O=C(N/N=C\c1ccc(N2CCCCC2)o1)c1ccncc1. The van der Waals surface area contributed by atoms with Crippen molar-refractivity contribution in [2.24, 2.45) is 5.10 Å². The number of piperidine rings is 1. The number of hydrogen-bond donors (Lipinski definition) is 1. The van der Waals surface area contributed by atoms with E-state index in [1.807, 2.05) is 12.1 Å². The fraction of sp³-hybridized carbons (Fsp3) is 0.312. The zero-order valence-corrected chi connectivity index (χ0v) is 12.2. The van der Waals surface area contributed by atoms with Crippen LogP contribution in [0.1, 0.15) is 35.4 Å². The highest BCUT2D eigenvalue weighted by atomic mass is 16.4. The molecule has 114 valence electrons. The average Bonchev–Trinajstić information content (AvgIpc) is 3.05. The molecule has 2 aromatic rings. The van der Waals surface area contributed by atoms with Crippen molar-refractivity contribution in [1.82, 2.24) is 10.4 Å². The van der Waals surface area contributed by atoms with Crippen molar-refractivity contribution in [3.63, 3.8) is 0 Å². The Hall–Kier alpha value is -2.63. The quantitative estimate of drug-likeness (QED) is 0.695. The van der Waals surface area contributed by atoms with Gasteiger partial charge in [-0.1, -0.05) is 0 Å². The minimum atomic E-state index is -0.276. The standard InChI is InChI=1S/C16H18N4O2/c21-16(13-6-8-17-9-7-13)19-18-12-14-4-5-15(22-14)20-10-2-1-3-11-20/h4-9,12H,1-3,10-11H2,(H,19,21)/b18-12-. The number of nitrogens with one attached hydrogen (secondary N) is 1. The van der Waals surface area contributed by atoms with Crippen molar-refractivity contribution in [1.29, 1.82) is 0 Å². The maximum absolute atomic E-state index is 11.8. The van der Waals surface area contributed by atoms with Gasteiger partial charge in [0.05, 0.1) is 6.21 Å². The van der Waals surface area contributed by atoms with Gasteiger partial charge in [-0.25, -0.2) is 5.43 Å². The third kappa shape index (κ3) is 3.52. The molecule has 0 atom stereocenters. The molecule has 0 unspecified atom stereocenters. The molecular weight excluding hydrogens is 280 g/mol. The van der Waals surface area contributed by atoms with Gasteiger partial charge in [0.25, 0.3) is 5.91 Å². The Morgan fingerprint density at radius 2 is 1.95 bits per heavy atom. The molecule has 6 heteroatoms. The van der Waals surface area contributed by atoms with Crippen LogP contribution in [0.5, 0.6) is 0 Å². The van der Waals surface area contributed by atoms with Crippen LogP contribution < -0.4 is 10.3 Å². The highest BCUT2D eigenvalue weighted by Crippen LogP contribution is 2.21. The monoisotopic (exact) mass is 298 g/mol. The number of furan rings is 1. The number of hydrogen-bond acceptors (Lipinski definition) is 5. The lowest BCUT2D eigenvalue weighted by atomic mass is 10.1. The van der Waals surface area contributed by atoms with Gasteiger partial charge in [-0.15, -0.1) is 0 Å². The summed E-state index contributed by atoms with van der Waals surface area (Å²) in [5.74, 6) is 1.21. The second-order valence-electron chi connectivity index (χ2n) is 5.16. The van der Waals surface area contributed by atoms with E-state index in [4.69, 9.17) is 4.42 Å². The summed E-state index contributed by atoms with van der Waals surface area (Å²) < 4.78 is 5.73. The predicted molar refractivity (Wildman–Crippen MR) is 84.1 cm³/mol. The minimum absolute atomic E-state index is 0.276. The van der Waals surface area contributed by atoms with Crippen molar-refractivity contribution >= 4 is 18.0 Å². The molecule has 2 aromatic heterocycles. The Labute approximate surface area is 128 Å². The Morgan fingerprint density at radius 3 is 2.73 bits per heavy atom. The number of pyridine rings is 1. The number of hydrazone groups is 1. The molecule has 0 aliphatic carbocycles. The molecular formula is C16H18N4O2. The molecule has 0 aromatic carbocycles. The molecule has 1 saturated heterocycles. The van der Waals surface area contributed by atoms with E-state index in [0.29, 0.717) is 11.3 Å². The average molecular weight is 298 g/mol. The van der Waals surface area contributed by atoms with E-state index in [9.17, 15) is 4.79 Å². The third-order valence-electron chi connectivity index (χ3n) is 3.58. The Balaban J connectivity index is 1.57. The van der Waals surface area contributed by atoms with E-state index in [2.05, 4.69) is 20.4 Å². The van der Waals surface area contributed by atoms with Crippen LogP contribution in [0.25, 0.3) is 0 Å². The molecule has 0 radical (unpaired) electrons. The van der Waals surface area contributed by atoms with Gasteiger partial charge in [0.15, 0.2) is 5.88 Å². The molecule has 1 amide bonds. The van der Waals surface area contributed by atoms with Gasteiger partial charge in [0.2, 0.25) is 0 Å². The van der Waals surface area contributed by atoms with E-state index >= 15 is 0 Å². The molecule has 1 fully saturated rings. The maximum Gasteiger partial charge on any atom is 0.271 e. The molecule has 0 bridgehead atoms. The zero-order valence-electron chi connectivity index (χ0n) is 12.2. The van der Waals surface area contributed by atoms with E-state index in [1.54, 1.807) is 24.5 Å². The zero-order chi connectivity index (χ0) is 15.2. The molecule has 1 N–H and O–H groups in total. The van der Waals surface area contributed by atoms with Gasteiger partial charge in [-0.3, -0.25) is 9.78 Å². The summed E-state index contributed by atoms with van der Waals surface area (Å²) in [6.07, 6.45) is 8.32. The first kappa shape index (κ1) is 14.3. The van der Waals surface area contributed by atoms with Gasteiger partial charge in [0.1, 0.15) is 5.76 Å². The number of aromatic nitrogens is 1. The fourth-order valence-corrected chi connectivity index (χ4v) is 2.42. The second kappa shape index (κ2) is 6.89. The van der Waals surface area contributed by atoms with Gasteiger partial charge in [-0.05, 0) is 37.5 Å². The maximum atomic E-state index is 11.8. The third-order valence-corrected chi connectivity index (χ3v) is 3.58. The molecule has 1 aliphatic rings. The topological polar surface area (TPSA) is 70.7 Å². The Kier molecular flexibility index (Phi) is 4.48. The fourth-order valence-electron chi connectivity index (χ4n) is 2.42. The van der Waals surface area contributed by atoms with Crippen LogP contribution in [0, 0.1) is 0 Å². The van der Waals surface area contributed by atoms with Gasteiger partial charge >= 0.3 is 0 Å². The Morgan fingerprint density at radius 1 is 1.18 bits per heavy atom. The number of amides is 1. The van der Waals surface area contributed by atoms with Crippen molar-refractivity contribution in [3.05, 3.63) is 48.0 Å². The molecule has 3 rings (SSSR count). The number of carbonyl (C=O) groups is 1. The second-order valence-corrected chi connectivity index (χ2v) is 5.16. The lowest BCUT2D eigenvalue weighted by molar-refractivity contribution is 0.0955.